The van der Waals surface area contributed by atoms with Crippen molar-refractivity contribution in [3.05, 3.63) is 0 Å². The van der Waals surface area contributed by atoms with E-state index >= 15 is 0 Å². The number of hydrogen-bond acceptors (Lipinski definition) is 6. The number of hydrogen-bond donors (Lipinski definition) is 4. The van der Waals surface area contributed by atoms with Crippen LogP contribution in [0.2, 0.25) is 0 Å². The van der Waals surface area contributed by atoms with Gasteiger partial charge in [-0.25, -0.2) is 4.79 Å². The van der Waals surface area contributed by atoms with Gasteiger partial charge in [-0.2, -0.15) is 11.8 Å². The molecular formula is C28H47N5O5S. The predicted octanol–water partition coefficient (Wildman–Crippen LogP) is 2.49. The van der Waals surface area contributed by atoms with Gasteiger partial charge >= 0.3 is 6.03 Å². The van der Waals surface area contributed by atoms with Crippen molar-refractivity contribution in [1.82, 2.24) is 20.9 Å². The number of carbonyl (C=O) groups is 5. The van der Waals surface area contributed by atoms with Crippen molar-refractivity contribution in [2.75, 3.05) is 18.6 Å². The number of nitrogens with zero attached hydrogens (tertiary/aromatic N) is 1. The molecule has 10 nitrogen and oxygen atoms in total. The van der Waals surface area contributed by atoms with Gasteiger partial charge in [-0.05, 0) is 61.9 Å². The van der Waals surface area contributed by atoms with Gasteiger partial charge in [0.05, 0.1) is 6.04 Å². The average molecular weight is 566 g/mol. The Bertz CT molecular complexity index is 926. The largest absolute Gasteiger partial charge is 0.363 e. The summed E-state index contributed by atoms with van der Waals surface area (Å²) in [5.41, 5.74) is 4.35. The molecule has 0 spiro atoms. The number of ketones is 1. The molecule has 3 fully saturated rings. The Hall–Kier alpha value is -2.30. The molecule has 0 aromatic carbocycles. The second-order valence-corrected chi connectivity index (χ2v) is 13.6. The molecule has 3 atom stereocenters. The Balaban J connectivity index is 1.70. The van der Waals surface area contributed by atoms with Crippen LogP contribution in [0.15, 0.2) is 0 Å². The second-order valence-electron chi connectivity index (χ2n) is 12.6. The van der Waals surface area contributed by atoms with Gasteiger partial charge in [0.2, 0.25) is 17.6 Å². The normalized spacial score (nSPS) is 22.5. The SMILES string of the molecule is CSCCC1(NC(=O)N[C@H](C(=O)N2CCCC2C(=O)NC(CC2CC2)C(=O)C(N)=O)C(C)(C)C)CCCCC1. The summed E-state index contributed by atoms with van der Waals surface area (Å²) in [4.78, 5) is 65.9. The third-order valence-corrected chi connectivity index (χ3v) is 8.96. The van der Waals surface area contributed by atoms with Crippen LogP contribution in [0.1, 0.15) is 91.4 Å². The maximum atomic E-state index is 13.9. The average Bonchev–Trinajstić information content (AvgIpc) is 3.55. The zero-order chi connectivity index (χ0) is 28.8. The summed E-state index contributed by atoms with van der Waals surface area (Å²) in [6, 6.07) is -2.96. The number of nitrogens with one attached hydrogen (secondary N) is 3. The van der Waals surface area contributed by atoms with Crippen LogP contribution in [0.5, 0.6) is 0 Å². The molecule has 5 amide bonds. The van der Waals surface area contributed by atoms with Gasteiger partial charge in [0.1, 0.15) is 12.1 Å². The molecule has 2 unspecified atom stereocenters. The van der Waals surface area contributed by atoms with Crippen molar-refractivity contribution in [3.63, 3.8) is 0 Å². The Kier molecular flexibility index (Phi) is 10.7. The third-order valence-electron chi connectivity index (χ3n) is 8.34. The maximum Gasteiger partial charge on any atom is 0.315 e. The molecular weight excluding hydrogens is 518 g/mol. The van der Waals surface area contributed by atoms with E-state index < -0.39 is 41.1 Å². The van der Waals surface area contributed by atoms with E-state index in [1.807, 2.05) is 20.8 Å². The molecule has 220 valence electrons. The molecule has 39 heavy (non-hydrogen) atoms. The molecule has 1 aliphatic heterocycles. The third kappa shape index (κ3) is 8.59. The van der Waals surface area contributed by atoms with Gasteiger partial charge in [0.25, 0.3) is 5.91 Å². The Morgan fingerprint density at radius 3 is 2.23 bits per heavy atom. The van der Waals surface area contributed by atoms with Crippen LogP contribution in [-0.2, 0) is 19.2 Å². The lowest BCUT2D eigenvalue weighted by molar-refractivity contribution is -0.143. The number of amides is 5. The summed E-state index contributed by atoms with van der Waals surface area (Å²) in [5.74, 6) is -1.43. The molecule has 1 heterocycles. The summed E-state index contributed by atoms with van der Waals surface area (Å²) in [6.45, 7) is 6.05. The fourth-order valence-electron chi connectivity index (χ4n) is 5.85. The summed E-state index contributed by atoms with van der Waals surface area (Å²) in [6.07, 6.45) is 11.4. The van der Waals surface area contributed by atoms with Crippen molar-refractivity contribution in [2.45, 2.75) is 115 Å². The number of likely N-dealkylation sites (tertiary alicyclic amines) is 1. The van der Waals surface area contributed by atoms with E-state index in [2.05, 4.69) is 22.2 Å². The molecule has 0 aromatic rings. The highest BCUT2D eigenvalue weighted by atomic mass is 32.2. The monoisotopic (exact) mass is 565 g/mol. The summed E-state index contributed by atoms with van der Waals surface area (Å²) in [5, 5.41) is 8.89. The number of urea groups is 1. The van der Waals surface area contributed by atoms with Crippen molar-refractivity contribution in [3.8, 4) is 0 Å². The zero-order valence-electron chi connectivity index (χ0n) is 24.0. The first-order chi connectivity index (χ1) is 18.4. The lowest BCUT2D eigenvalue weighted by Gasteiger charge is -2.40. The van der Waals surface area contributed by atoms with Gasteiger partial charge in [-0.15, -0.1) is 0 Å². The Labute approximate surface area is 236 Å². The van der Waals surface area contributed by atoms with Gasteiger partial charge in [0, 0.05) is 12.1 Å². The smallest absolute Gasteiger partial charge is 0.315 e. The first-order valence-electron chi connectivity index (χ1n) is 14.4. The molecule has 0 bridgehead atoms. The number of carbonyl (C=O) groups excluding carboxylic acids is 5. The molecule has 3 aliphatic rings. The standard InChI is InChI=1S/C28H47N5O5S/c1-27(2,3)22(31-26(38)32-28(14-16-39-4)12-6-5-7-13-28)25(37)33-15-8-9-20(33)24(36)30-19(17-18-10-11-18)21(34)23(29)35/h18-20,22H,5-17H2,1-4H3,(H2,29,35)(H,30,36)(H2,31,32,38)/t19?,20?,22-/m1/s1. The van der Waals surface area contributed by atoms with E-state index in [-0.39, 0.29) is 23.4 Å². The fraction of sp³-hybridized carbons (Fsp3) is 0.821. The van der Waals surface area contributed by atoms with Gasteiger partial charge in [-0.1, -0.05) is 52.9 Å². The maximum absolute atomic E-state index is 13.9. The van der Waals surface area contributed by atoms with Gasteiger partial charge < -0.3 is 26.6 Å². The van der Waals surface area contributed by atoms with E-state index in [9.17, 15) is 24.0 Å². The van der Waals surface area contributed by atoms with E-state index in [4.69, 9.17) is 5.73 Å². The van der Waals surface area contributed by atoms with E-state index in [1.54, 1.807) is 11.8 Å². The summed E-state index contributed by atoms with van der Waals surface area (Å²) >= 11 is 1.76. The summed E-state index contributed by atoms with van der Waals surface area (Å²) in [7, 11) is 0. The lowest BCUT2D eigenvalue weighted by atomic mass is 9.79. The molecule has 2 saturated carbocycles. The molecule has 5 N–H and O–H groups in total. The van der Waals surface area contributed by atoms with Crippen molar-refractivity contribution in [1.29, 1.82) is 0 Å². The van der Waals surface area contributed by atoms with Gasteiger partial charge in [-0.3, -0.25) is 19.2 Å². The highest BCUT2D eigenvalue weighted by Crippen LogP contribution is 2.34. The fourth-order valence-corrected chi connectivity index (χ4v) is 6.44. The first kappa shape index (κ1) is 31.2. The minimum absolute atomic E-state index is 0.267. The molecule has 0 radical (unpaired) electrons. The number of thioether (sulfide) groups is 1. The predicted molar refractivity (Wildman–Crippen MR) is 152 cm³/mol. The Morgan fingerprint density at radius 2 is 1.67 bits per heavy atom. The molecule has 3 rings (SSSR count). The highest BCUT2D eigenvalue weighted by Gasteiger charge is 2.44. The van der Waals surface area contributed by atoms with Crippen LogP contribution in [0, 0.1) is 11.3 Å². The topological polar surface area (TPSA) is 151 Å². The first-order valence-corrected chi connectivity index (χ1v) is 15.8. The number of primary amides is 1. The van der Waals surface area contributed by atoms with Crippen LogP contribution < -0.4 is 21.7 Å². The van der Waals surface area contributed by atoms with Crippen molar-refractivity contribution in [2.24, 2.45) is 17.1 Å². The number of Topliss-reactive ketones (excluding diaryl/α,β-unsaturated/α-hetero) is 1. The van der Waals surface area contributed by atoms with Crippen LogP contribution in [-0.4, -0.2) is 76.7 Å². The lowest BCUT2D eigenvalue weighted by Crippen LogP contribution is -2.62. The number of nitrogens with two attached hydrogens (primary N) is 1. The van der Waals surface area contributed by atoms with E-state index in [0.717, 1.165) is 50.7 Å². The van der Waals surface area contributed by atoms with Crippen LogP contribution in [0.25, 0.3) is 0 Å². The zero-order valence-corrected chi connectivity index (χ0v) is 24.8. The molecule has 1 saturated heterocycles. The molecule has 2 aliphatic carbocycles. The van der Waals surface area contributed by atoms with E-state index in [0.29, 0.717) is 25.8 Å². The van der Waals surface area contributed by atoms with E-state index in [1.165, 1.54) is 11.3 Å². The van der Waals surface area contributed by atoms with Crippen molar-refractivity contribution < 1.29 is 24.0 Å². The minimum Gasteiger partial charge on any atom is -0.363 e. The minimum atomic E-state index is -1.07. The number of rotatable bonds is 12. The summed E-state index contributed by atoms with van der Waals surface area (Å²) < 4.78 is 0. The van der Waals surface area contributed by atoms with Gasteiger partial charge in [0.15, 0.2) is 0 Å². The quantitative estimate of drug-likeness (QED) is 0.267. The van der Waals surface area contributed by atoms with Crippen molar-refractivity contribution >= 4 is 41.3 Å². The molecule has 0 aromatic heterocycles. The van der Waals surface area contributed by atoms with Crippen LogP contribution >= 0.6 is 11.8 Å². The highest BCUT2D eigenvalue weighted by molar-refractivity contribution is 7.98. The van der Waals surface area contributed by atoms with Crippen LogP contribution in [0.3, 0.4) is 0 Å². The van der Waals surface area contributed by atoms with Crippen LogP contribution in [0.4, 0.5) is 4.79 Å². The Morgan fingerprint density at radius 1 is 1.00 bits per heavy atom. The molecule has 11 heteroatoms. The second kappa shape index (κ2) is 13.4.